The molecule has 0 radical (unpaired) electrons. The predicted octanol–water partition coefficient (Wildman–Crippen LogP) is 1.81. The molecule has 4 heteroatoms. The van der Waals surface area contributed by atoms with E-state index in [0.717, 1.165) is 0 Å². The van der Waals surface area contributed by atoms with Crippen LogP contribution in [0.2, 0.25) is 0 Å². The van der Waals surface area contributed by atoms with Gasteiger partial charge in [0.25, 0.3) is 0 Å². The number of carbonyl (C=O) groups is 3. The monoisotopic (exact) mass is 234 g/mol. The number of hydrogen-bond acceptors (Lipinski definition) is 4. The van der Waals surface area contributed by atoms with Gasteiger partial charge in [0.1, 0.15) is 5.75 Å². The molecular formula is C13H14O4. The Morgan fingerprint density at radius 3 is 2.00 bits per heavy atom. The summed E-state index contributed by atoms with van der Waals surface area (Å²) < 4.78 is 5.31. The van der Waals surface area contributed by atoms with Crippen molar-refractivity contribution < 1.29 is 19.1 Å². The van der Waals surface area contributed by atoms with Crippen LogP contribution in [-0.2, 0) is 9.59 Å². The molecule has 0 saturated heterocycles. The molecule has 90 valence electrons. The molecule has 0 amide bonds. The van der Waals surface area contributed by atoms with Crippen molar-refractivity contribution in [1.29, 1.82) is 0 Å². The number of carbonyl (C=O) groups excluding carboxylic acids is 3. The standard InChI is InChI=1S/C13H14O4/c1-8(14)11-6-4-5-7-12(11)17-13(9(2)15)10(3)16/h4-7,13H,1-3H3. The van der Waals surface area contributed by atoms with Gasteiger partial charge in [0, 0.05) is 0 Å². The van der Waals surface area contributed by atoms with E-state index in [1.807, 2.05) is 0 Å². The normalized spacial score (nSPS) is 10.1. The molecule has 0 fully saturated rings. The summed E-state index contributed by atoms with van der Waals surface area (Å²) >= 11 is 0. The SMILES string of the molecule is CC(=O)c1ccccc1OC(C(C)=O)C(C)=O. The van der Waals surface area contributed by atoms with Gasteiger partial charge in [-0.25, -0.2) is 0 Å². The van der Waals surface area contributed by atoms with Gasteiger partial charge in [0.05, 0.1) is 5.56 Å². The molecule has 1 rings (SSSR count). The van der Waals surface area contributed by atoms with E-state index in [1.54, 1.807) is 24.3 Å². The van der Waals surface area contributed by atoms with Crippen molar-refractivity contribution in [3.63, 3.8) is 0 Å². The van der Waals surface area contributed by atoms with Gasteiger partial charge in [-0.15, -0.1) is 0 Å². The van der Waals surface area contributed by atoms with Crippen LogP contribution in [0.15, 0.2) is 24.3 Å². The lowest BCUT2D eigenvalue weighted by atomic mass is 10.1. The zero-order valence-electron chi connectivity index (χ0n) is 10.0. The summed E-state index contributed by atoms with van der Waals surface area (Å²) in [5.74, 6) is -0.673. The largest absolute Gasteiger partial charge is 0.474 e. The maximum Gasteiger partial charge on any atom is 0.214 e. The van der Waals surface area contributed by atoms with Crippen LogP contribution in [-0.4, -0.2) is 23.5 Å². The Morgan fingerprint density at radius 1 is 1.00 bits per heavy atom. The van der Waals surface area contributed by atoms with Crippen LogP contribution in [0, 0.1) is 0 Å². The number of rotatable bonds is 5. The van der Waals surface area contributed by atoms with Crippen molar-refractivity contribution >= 4 is 17.3 Å². The van der Waals surface area contributed by atoms with Crippen LogP contribution in [0.1, 0.15) is 31.1 Å². The second kappa shape index (κ2) is 5.39. The number of benzene rings is 1. The van der Waals surface area contributed by atoms with Gasteiger partial charge in [-0.1, -0.05) is 12.1 Å². The molecule has 0 heterocycles. The maximum absolute atomic E-state index is 11.3. The minimum atomic E-state index is -1.14. The van der Waals surface area contributed by atoms with E-state index < -0.39 is 6.10 Å². The molecule has 0 spiro atoms. The molecule has 0 atom stereocenters. The lowest BCUT2D eigenvalue weighted by Gasteiger charge is -2.15. The number of Topliss-reactive ketones (excluding diaryl/α,β-unsaturated/α-hetero) is 3. The van der Waals surface area contributed by atoms with Crippen molar-refractivity contribution in [2.45, 2.75) is 26.9 Å². The number of ketones is 3. The van der Waals surface area contributed by atoms with Crippen molar-refractivity contribution in [3.8, 4) is 5.75 Å². The summed E-state index contributed by atoms with van der Waals surface area (Å²) in [6.45, 7) is 3.96. The van der Waals surface area contributed by atoms with Gasteiger partial charge >= 0.3 is 0 Å². The molecule has 0 aliphatic heterocycles. The Balaban J connectivity index is 3.05. The molecule has 0 unspecified atom stereocenters. The first kappa shape index (κ1) is 13.1. The molecule has 17 heavy (non-hydrogen) atoms. The van der Waals surface area contributed by atoms with Crippen LogP contribution < -0.4 is 4.74 Å². The lowest BCUT2D eigenvalue weighted by molar-refractivity contribution is -0.134. The van der Waals surface area contributed by atoms with E-state index in [4.69, 9.17) is 4.74 Å². The molecule has 0 N–H and O–H groups in total. The highest BCUT2D eigenvalue weighted by Gasteiger charge is 2.22. The minimum absolute atomic E-state index is 0.175. The van der Waals surface area contributed by atoms with Gasteiger partial charge in [0.15, 0.2) is 17.3 Å². The number of para-hydroxylation sites is 1. The fourth-order valence-corrected chi connectivity index (χ4v) is 1.44. The first-order chi connectivity index (χ1) is 7.93. The molecule has 0 bridgehead atoms. The zero-order valence-corrected chi connectivity index (χ0v) is 10.0. The summed E-state index contributed by atoms with van der Waals surface area (Å²) in [6, 6.07) is 6.53. The van der Waals surface area contributed by atoms with Crippen LogP contribution in [0.25, 0.3) is 0 Å². The number of ether oxygens (including phenoxy) is 1. The van der Waals surface area contributed by atoms with Crippen LogP contribution in [0.4, 0.5) is 0 Å². The fourth-order valence-electron chi connectivity index (χ4n) is 1.44. The molecule has 0 aliphatic carbocycles. The van der Waals surface area contributed by atoms with E-state index in [1.165, 1.54) is 20.8 Å². The summed E-state index contributed by atoms with van der Waals surface area (Å²) in [7, 11) is 0. The topological polar surface area (TPSA) is 60.4 Å². The first-order valence-electron chi connectivity index (χ1n) is 5.21. The maximum atomic E-state index is 11.3. The highest BCUT2D eigenvalue weighted by atomic mass is 16.5. The highest BCUT2D eigenvalue weighted by Crippen LogP contribution is 2.20. The average molecular weight is 234 g/mol. The van der Waals surface area contributed by atoms with E-state index in [0.29, 0.717) is 5.56 Å². The third kappa shape index (κ3) is 3.24. The van der Waals surface area contributed by atoms with Crippen molar-refractivity contribution in [2.75, 3.05) is 0 Å². The Labute approximate surface area is 99.6 Å². The third-order valence-corrected chi connectivity index (χ3v) is 2.25. The van der Waals surface area contributed by atoms with Gasteiger partial charge in [-0.3, -0.25) is 14.4 Å². The Hall–Kier alpha value is -1.97. The van der Waals surface area contributed by atoms with Gasteiger partial charge in [-0.05, 0) is 32.9 Å². The molecular weight excluding hydrogens is 220 g/mol. The van der Waals surface area contributed by atoms with Crippen LogP contribution in [0.5, 0.6) is 5.75 Å². The van der Waals surface area contributed by atoms with Crippen LogP contribution in [0.3, 0.4) is 0 Å². The zero-order chi connectivity index (χ0) is 13.0. The Bertz CT molecular complexity index is 448. The second-order valence-electron chi connectivity index (χ2n) is 3.77. The quantitative estimate of drug-likeness (QED) is 0.576. The smallest absolute Gasteiger partial charge is 0.214 e. The minimum Gasteiger partial charge on any atom is -0.474 e. The van der Waals surface area contributed by atoms with Crippen molar-refractivity contribution in [3.05, 3.63) is 29.8 Å². The first-order valence-corrected chi connectivity index (χ1v) is 5.21. The molecule has 0 saturated carbocycles. The molecule has 4 nitrogen and oxygen atoms in total. The van der Waals surface area contributed by atoms with Gasteiger partial charge < -0.3 is 4.74 Å². The van der Waals surface area contributed by atoms with Crippen molar-refractivity contribution in [1.82, 2.24) is 0 Å². The lowest BCUT2D eigenvalue weighted by Crippen LogP contribution is -2.32. The van der Waals surface area contributed by atoms with Crippen LogP contribution >= 0.6 is 0 Å². The van der Waals surface area contributed by atoms with Gasteiger partial charge in [-0.2, -0.15) is 0 Å². The molecule has 1 aromatic carbocycles. The van der Waals surface area contributed by atoms with E-state index in [-0.39, 0.29) is 23.1 Å². The molecule has 0 aliphatic rings. The Kier molecular flexibility index (Phi) is 4.15. The summed E-state index contributed by atoms with van der Waals surface area (Å²) in [5.41, 5.74) is 0.361. The van der Waals surface area contributed by atoms with Gasteiger partial charge in [0.2, 0.25) is 6.10 Å². The summed E-state index contributed by atoms with van der Waals surface area (Å²) in [5, 5.41) is 0. The number of hydrogen-bond donors (Lipinski definition) is 0. The highest BCUT2D eigenvalue weighted by molar-refractivity contribution is 6.04. The molecule has 0 aromatic heterocycles. The van der Waals surface area contributed by atoms with E-state index in [2.05, 4.69) is 0 Å². The Morgan fingerprint density at radius 2 is 1.53 bits per heavy atom. The van der Waals surface area contributed by atoms with E-state index in [9.17, 15) is 14.4 Å². The molecule has 1 aromatic rings. The summed E-state index contributed by atoms with van der Waals surface area (Å²) in [6.07, 6.45) is -1.14. The van der Waals surface area contributed by atoms with Crippen molar-refractivity contribution in [2.24, 2.45) is 0 Å². The average Bonchev–Trinajstić information content (AvgIpc) is 2.25. The third-order valence-electron chi connectivity index (χ3n) is 2.25. The predicted molar refractivity (Wildman–Crippen MR) is 62.2 cm³/mol. The second-order valence-corrected chi connectivity index (χ2v) is 3.77. The van der Waals surface area contributed by atoms with E-state index >= 15 is 0 Å². The summed E-state index contributed by atoms with van der Waals surface area (Å²) in [4.78, 5) is 33.8. The fraction of sp³-hybridized carbons (Fsp3) is 0.308.